The average molecular weight is 265 g/mol. The molecule has 0 aliphatic heterocycles. The van der Waals surface area contributed by atoms with Crippen LogP contribution in [0.15, 0.2) is 42.6 Å². The van der Waals surface area contributed by atoms with Crippen molar-refractivity contribution in [1.82, 2.24) is 0 Å². The van der Waals surface area contributed by atoms with E-state index in [1.54, 1.807) is 18.3 Å². The van der Waals surface area contributed by atoms with Gasteiger partial charge < -0.3 is 0 Å². The van der Waals surface area contributed by atoms with Gasteiger partial charge in [-0.25, -0.2) is 4.98 Å². The first-order valence-corrected chi connectivity index (χ1v) is 5.68. The predicted octanol–water partition coefficient (Wildman–Crippen LogP) is 2.67. The van der Waals surface area contributed by atoms with E-state index >= 15 is 0 Å². The average Bonchev–Trinajstić information content (AvgIpc) is 2.37. The van der Waals surface area contributed by atoms with Crippen LogP contribution in [0.3, 0.4) is 0 Å². The van der Waals surface area contributed by atoms with Crippen molar-refractivity contribution in [3.8, 4) is 0 Å². The van der Waals surface area contributed by atoms with E-state index in [2.05, 4.69) is 10.3 Å². The largest absolute Gasteiger partial charge is 0.357 e. The Bertz CT molecular complexity index is 575. The third kappa shape index (κ3) is 2.95. The van der Waals surface area contributed by atoms with Crippen LogP contribution >= 0.6 is 11.6 Å². The molecule has 0 fully saturated rings. The standard InChI is InChI=1S/C12H10ClN3O2/c13-10-4-1-3-9(7-10)8-15-12-11(16(17)18)5-2-6-14-12/h1-7H,8H2,(H,14,15)/p+1. The first-order valence-electron chi connectivity index (χ1n) is 5.30. The maximum absolute atomic E-state index is 10.8. The number of halogens is 1. The van der Waals surface area contributed by atoms with E-state index in [4.69, 9.17) is 11.6 Å². The number of hydrogen-bond acceptors (Lipinski definition) is 3. The second-order valence-corrected chi connectivity index (χ2v) is 4.11. The summed E-state index contributed by atoms with van der Waals surface area (Å²) < 4.78 is 0. The topological polar surface area (TPSA) is 69.3 Å². The molecule has 0 saturated carbocycles. The summed E-state index contributed by atoms with van der Waals surface area (Å²) in [4.78, 5) is 13.2. The second-order valence-electron chi connectivity index (χ2n) is 3.67. The molecular weight excluding hydrogens is 254 g/mol. The molecule has 0 atom stereocenters. The molecule has 0 unspecified atom stereocenters. The normalized spacial score (nSPS) is 10.1. The SMILES string of the molecule is O=[N+]([O-])c1ccc[nH+]c1NCc1cccc(Cl)c1. The molecule has 6 heteroatoms. The van der Waals surface area contributed by atoms with Crippen molar-refractivity contribution in [2.75, 3.05) is 5.32 Å². The van der Waals surface area contributed by atoms with Crippen molar-refractivity contribution >= 4 is 23.1 Å². The highest BCUT2D eigenvalue weighted by Crippen LogP contribution is 2.19. The first kappa shape index (κ1) is 12.3. The number of H-pyrrole nitrogens is 1. The third-order valence-electron chi connectivity index (χ3n) is 2.39. The molecule has 1 aromatic carbocycles. The predicted molar refractivity (Wildman–Crippen MR) is 68.4 cm³/mol. The maximum atomic E-state index is 10.8. The number of nitro groups is 1. The molecule has 0 aliphatic rings. The molecular formula is C12H11ClN3O2+. The Hall–Kier alpha value is -2.14. The summed E-state index contributed by atoms with van der Waals surface area (Å²) >= 11 is 5.86. The summed E-state index contributed by atoms with van der Waals surface area (Å²) in [5, 5.41) is 14.4. The Balaban J connectivity index is 2.13. The minimum absolute atomic E-state index is 0.0135. The number of rotatable bonds is 4. The molecule has 0 saturated heterocycles. The fourth-order valence-corrected chi connectivity index (χ4v) is 1.77. The number of aromatic amines is 1. The number of hydrogen-bond donors (Lipinski definition) is 1. The zero-order chi connectivity index (χ0) is 13.0. The van der Waals surface area contributed by atoms with Crippen LogP contribution in [0.25, 0.3) is 0 Å². The van der Waals surface area contributed by atoms with Gasteiger partial charge in [0.2, 0.25) is 0 Å². The van der Waals surface area contributed by atoms with E-state index in [-0.39, 0.29) is 5.69 Å². The fourth-order valence-electron chi connectivity index (χ4n) is 1.56. The lowest BCUT2D eigenvalue weighted by Crippen LogP contribution is -2.14. The van der Waals surface area contributed by atoms with E-state index in [0.717, 1.165) is 5.56 Å². The Labute approximate surface area is 109 Å². The molecule has 1 heterocycles. The smallest absolute Gasteiger partial charge is 0.264 e. The van der Waals surface area contributed by atoms with Crippen molar-refractivity contribution in [2.24, 2.45) is 0 Å². The summed E-state index contributed by atoms with van der Waals surface area (Å²) in [5.74, 6) is 0.377. The van der Waals surface area contributed by atoms with Crippen molar-refractivity contribution < 1.29 is 9.91 Å². The van der Waals surface area contributed by atoms with Crippen LogP contribution < -0.4 is 10.3 Å². The zero-order valence-electron chi connectivity index (χ0n) is 9.39. The minimum atomic E-state index is -0.434. The number of anilines is 1. The van der Waals surface area contributed by atoms with Gasteiger partial charge >= 0.3 is 11.5 Å². The highest BCUT2D eigenvalue weighted by atomic mass is 35.5. The Morgan fingerprint density at radius 1 is 1.33 bits per heavy atom. The molecule has 0 aliphatic carbocycles. The number of nitrogens with one attached hydrogen (secondary N) is 2. The number of nitrogens with zero attached hydrogens (tertiary/aromatic N) is 1. The summed E-state index contributed by atoms with van der Waals surface area (Å²) in [7, 11) is 0. The van der Waals surface area contributed by atoms with Crippen LogP contribution in [-0.2, 0) is 6.54 Å². The van der Waals surface area contributed by atoms with Crippen molar-refractivity contribution in [2.45, 2.75) is 6.54 Å². The van der Waals surface area contributed by atoms with Crippen LogP contribution in [0.4, 0.5) is 11.5 Å². The highest BCUT2D eigenvalue weighted by molar-refractivity contribution is 6.30. The Morgan fingerprint density at radius 3 is 2.89 bits per heavy atom. The van der Waals surface area contributed by atoms with Gasteiger partial charge in [0.05, 0.1) is 11.1 Å². The van der Waals surface area contributed by atoms with Gasteiger partial charge in [0.15, 0.2) is 0 Å². The lowest BCUT2D eigenvalue weighted by atomic mass is 10.2. The number of benzene rings is 1. The zero-order valence-corrected chi connectivity index (χ0v) is 10.1. The molecule has 2 rings (SSSR count). The van der Waals surface area contributed by atoms with Gasteiger partial charge in [-0.15, -0.1) is 0 Å². The quantitative estimate of drug-likeness (QED) is 0.682. The molecule has 1 aromatic heterocycles. The van der Waals surface area contributed by atoms with E-state index in [1.165, 1.54) is 6.07 Å². The first-order chi connectivity index (χ1) is 8.66. The number of aromatic nitrogens is 1. The maximum Gasteiger partial charge on any atom is 0.357 e. The second kappa shape index (κ2) is 5.46. The third-order valence-corrected chi connectivity index (χ3v) is 2.62. The van der Waals surface area contributed by atoms with Crippen LogP contribution in [0.1, 0.15) is 5.56 Å². The minimum Gasteiger partial charge on any atom is -0.264 e. The molecule has 2 aromatic rings. The van der Waals surface area contributed by atoms with E-state index < -0.39 is 4.92 Å². The Kier molecular flexibility index (Phi) is 3.74. The van der Waals surface area contributed by atoms with Gasteiger partial charge in [-0.3, -0.25) is 15.4 Å². The monoisotopic (exact) mass is 264 g/mol. The molecule has 18 heavy (non-hydrogen) atoms. The molecule has 5 nitrogen and oxygen atoms in total. The molecule has 0 bridgehead atoms. The van der Waals surface area contributed by atoms with E-state index in [1.807, 2.05) is 18.2 Å². The van der Waals surface area contributed by atoms with Crippen molar-refractivity contribution in [3.63, 3.8) is 0 Å². The van der Waals surface area contributed by atoms with Crippen LogP contribution in [0, 0.1) is 10.1 Å². The van der Waals surface area contributed by atoms with Crippen LogP contribution in [0.2, 0.25) is 5.02 Å². The van der Waals surface area contributed by atoms with Gasteiger partial charge in [-0.05, 0) is 23.8 Å². The van der Waals surface area contributed by atoms with Crippen LogP contribution in [-0.4, -0.2) is 4.92 Å². The van der Waals surface area contributed by atoms with Gasteiger partial charge in [0.25, 0.3) is 0 Å². The number of pyridine rings is 1. The van der Waals surface area contributed by atoms with Gasteiger partial charge in [-0.2, -0.15) is 0 Å². The van der Waals surface area contributed by atoms with E-state index in [9.17, 15) is 10.1 Å². The van der Waals surface area contributed by atoms with Gasteiger partial charge in [0, 0.05) is 11.1 Å². The lowest BCUT2D eigenvalue weighted by molar-refractivity contribution is -0.409. The molecule has 0 radical (unpaired) electrons. The van der Waals surface area contributed by atoms with Crippen LogP contribution in [0.5, 0.6) is 0 Å². The van der Waals surface area contributed by atoms with Gasteiger partial charge in [0.1, 0.15) is 6.54 Å². The molecule has 0 spiro atoms. The lowest BCUT2D eigenvalue weighted by Gasteiger charge is -2.00. The van der Waals surface area contributed by atoms with Crippen molar-refractivity contribution in [1.29, 1.82) is 0 Å². The fraction of sp³-hybridized carbons (Fsp3) is 0.0833. The van der Waals surface area contributed by atoms with Crippen molar-refractivity contribution in [3.05, 3.63) is 63.3 Å². The molecule has 2 N–H and O–H groups in total. The summed E-state index contributed by atoms with van der Waals surface area (Å²) in [5.41, 5.74) is 0.966. The summed E-state index contributed by atoms with van der Waals surface area (Å²) in [6.45, 7) is 0.460. The highest BCUT2D eigenvalue weighted by Gasteiger charge is 2.19. The van der Waals surface area contributed by atoms with E-state index in [0.29, 0.717) is 17.4 Å². The van der Waals surface area contributed by atoms with Gasteiger partial charge in [-0.1, -0.05) is 23.7 Å². The molecule has 92 valence electrons. The Morgan fingerprint density at radius 2 is 2.17 bits per heavy atom. The summed E-state index contributed by atoms with van der Waals surface area (Å²) in [6, 6.07) is 10.3. The summed E-state index contributed by atoms with van der Waals surface area (Å²) in [6.07, 6.45) is 1.63. The molecule has 0 amide bonds.